The highest BCUT2D eigenvalue weighted by Crippen LogP contribution is 2.34. The lowest BCUT2D eigenvalue weighted by Gasteiger charge is -2.15. The molecule has 32 heavy (non-hydrogen) atoms. The minimum atomic E-state index is -0.240. The van der Waals surface area contributed by atoms with Crippen LogP contribution in [-0.4, -0.2) is 37.0 Å². The molecule has 0 radical (unpaired) electrons. The van der Waals surface area contributed by atoms with Gasteiger partial charge in [-0.2, -0.15) is 5.10 Å². The molecule has 4 aromatic rings. The predicted molar refractivity (Wildman–Crippen MR) is 124 cm³/mol. The van der Waals surface area contributed by atoms with Crippen LogP contribution in [0.3, 0.4) is 0 Å². The number of aromatic nitrogens is 2. The summed E-state index contributed by atoms with van der Waals surface area (Å²) in [7, 11) is 4.71. The standard InChI is InChI=1S/C24H23N3O4S/c1-29-17-12-20(30-2)18(21(13-17)31-3)14-25-24(28)19-15-27(16-8-5-4-6-9-16)26-23(19)22-10-7-11-32-22/h4-13,15H,14H2,1-3H3,(H,25,28). The van der Waals surface area contributed by atoms with E-state index in [1.165, 1.54) is 11.3 Å². The van der Waals surface area contributed by atoms with E-state index in [4.69, 9.17) is 14.2 Å². The van der Waals surface area contributed by atoms with Gasteiger partial charge in [-0.15, -0.1) is 11.3 Å². The molecule has 0 aliphatic heterocycles. The molecule has 0 aliphatic rings. The number of para-hydroxylation sites is 1. The first-order valence-electron chi connectivity index (χ1n) is 9.90. The number of thiophene rings is 1. The van der Waals surface area contributed by atoms with Gasteiger partial charge in [0.15, 0.2) is 0 Å². The summed E-state index contributed by atoms with van der Waals surface area (Å²) in [4.78, 5) is 14.2. The van der Waals surface area contributed by atoms with Crippen LogP contribution < -0.4 is 19.5 Å². The third kappa shape index (κ3) is 4.31. The maximum Gasteiger partial charge on any atom is 0.255 e. The molecule has 0 saturated heterocycles. The summed E-state index contributed by atoms with van der Waals surface area (Å²) in [6, 6.07) is 17.1. The van der Waals surface area contributed by atoms with E-state index in [1.54, 1.807) is 44.3 Å². The lowest BCUT2D eigenvalue weighted by atomic mass is 10.1. The van der Waals surface area contributed by atoms with Crippen LogP contribution in [0, 0.1) is 0 Å². The Balaban J connectivity index is 1.65. The lowest BCUT2D eigenvalue weighted by molar-refractivity contribution is 0.0951. The van der Waals surface area contributed by atoms with Crippen LogP contribution in [0.4, 0.5) is 0 Å². The Kier molecular flexibility index (Phi) is 6.42. The number of amides is 1. The molecule has 0 saturated carbocycles. The number of rotatable bonds is 8. The van der Waals surface area contributed by atoms with E-state index in [1.807, 2.05) is 47.8 Å². The number of methoxy groups -OCH3 is 3. The SMILES string of the molecule is COc1cc(OC)c(CNC(=O)c2cn(-c3ccccc3)nc2-c2cccs2)c(OC)c1. The van der Waals surface area contributed by atoms with E-state index >= 15 is 0 Å². The molecule has 0 fully saturated rings. The van der Waals surface area contributed by atoms with Gasteiger partial charge in [-0.3, -0.25) is 4.79 Å². The van der Waals surface area contributed by atoms with Crippen molar-refractivity contribution in [2.24, 2.45) is 0 Å². The number of hydrogen-bond donors (Lipinski definition) is 1. The number of nitrogens with one attached hydrogen (secondary N) is 1. The molecule has 4 rings (SSSR count). The summed E-state index contributed by atoms with van der Waals surface area (Å²) >= 11 is 1.54. The number of hydrogen-bond acceptors (Lipinski definition) is 6. The second-order valence-electron chi connectivity index (χ2n) is 6.84. The van der Waals surface area contributed by atoms with Crippen LogP contribution in [0.5, 0.6) is 17.2 Å². The average Bonchev–Trinajstić information content (AvgIpc) is 3.52. The monoisotopic (exact) mass is 449 g/mol. The predicted octanol–water partition coefficient (Wildman–Crippen LogP) is 4.56. The molecule has 0 spiro atoms. The molecule has 2 aromatic heterocycles. The van der Waals surface area contributed by atoms with E-state index in [2.05, 4.69) is 10.4 Å². The highest BCUT2D eigenvalue weighted by atomic mass is 32.1. The van der Waals surface area contributed by atoms with Crippen molar-refractivity contribution in [2.45, 2.75) is 6.54 Å². The van der Waals surface area contributed by atoms with Crippen molar-refractivity contribution < 1.29 is 19.0 Å². The van der Waals surface area contributed by atoms with Gasteiger partial charge in [0, 0.05) is 18.3 Å². The first kappa shape index (κ1) is 21.5. The van der Waals surface area contributed by atoms with Gasteiger partial charge in [-0.05, 0) is 23.6 Å². The fraction of sp³-hybridized carbons (Fsp3) is 0.167. The second-order valence-corrected chi connectivity index (χ2v) is 7.79. The molecule has 0 aliphatic carbocycles. The van der Waals surface area contributed by atoms with Crippen LogP contribution in [-0.2, 0) is 6.54 Å². The van der Waals surface area contributed by atoms with E-state index in [0.29, 0.717) is 28.5 Å². The van der Waals surface area contributed by atoms with Gasteiger partial charge >= 0.3 is 0 Å². The maximum atomic E-state index is 13.2. The molecule has 2 heterocycles. The van der Waals surface area contributed by atoms with Crippen molar-refractivity contribution in [3.63, 3.8) is 0 Å². The molecule has 0 atom stereocenters. The van der Waals surface area contributed by atoms with Crippen molar-refractivity contribution in [1.29, 1.82) is 0 Å². The maximum absolute atomic E-state index is 13.2. The van der Waals surface area contributed by atoms with Gasteiger partial charge in [0.2, 0.25) is 0 Å². The van der Waals surface area contributed by atoms with Crippen molar-refractivity contribution in [2.75, 3.05) is 21.3 Å². The smallest absolute Gasteiger partial charge is 0.255 e. The number of carbonyl (C=O) groups is 1. The lowest BCUT2D eigenvalue weighted by Crippen LogP contribution is -2.23. The quantitative estimate of drug-likeness (QED) is 0.427. The normalized spacial score (nSPS) is 10.6. The molecule has 1 amide bonds. The highest BCUT2D eigenvalue weighted by molar-refractivity contribution is 7.13. The molecule has 0 unspecified atom stereocenters. The van der Waals surface area contributed by atoms with Crippen LogP contribution in [0.1, 0.15) is 15.9 Å². The molecular formula is C24H23N3O4S. The zero-order chi connectivity index (χ0) is 22.5. The van der Waals surface area contributed by atoms with Gasteiger partial charge in [-0.25, -0.2) is 4.68 Å². The summed E-state index contributed by atoms with van der Waals surface area (Å²) in [5.74, 6) is 1.51. The summed E-state index contributed by atoms with van der Waals surface area (Å²) in [6.45, 7) is 0.218. The minimum Gasteiger partial charge on any atom is -0.496 e. The number of ether oxygens (including phenoxy) is 3. The van der Waals surface area contributed by atoms with Crippen LogP contribution in [0.2, 0.25) is 0 Å². The minimum absolute atomic E-state index is 0.218. The second kappa shape index (κ2) is 9.57. The average molecular weight is 450 g/mol. The molecule has 8 heteroatoms. The van der Waals surface area contributed by atoms with Crippen molar-refractivity contribution in [3.05, 3.63) is 77.3 Å². The fourth-order valence-electron chi connectivity index (χ4n) is 3.36. The van der Waals surface area contributed by atoms with Crippen LogP contribution in [0.15, 0.2) is 66.2 Å². The summed E-state index contributed by atoms with van der Waals surface area (Å²) in [6.07, 6.45) is 1.75. The largest absolute Gasteiger partial charge is 0.496 e. The highest BCUT2D eigenvalue weighted by Gasteiger charge is 2.21. The first-order valence-corrected chi connectivity index (χ1v) is 10.8. The van der Waals surface area contributed by atoms with Gasteiger partial charge < -0.3 is 19.5 Å². The Morgan fingerprint density at radius 3 is 2.31 bits per heavy atom. The van der Waals surface area contributed by atoms with E-state index in [9.17, 15) is 4.79 Å². The van der Waals surface area contributed by atoms with Crippen LogP contribution in [0.25, 0.3) is 16.3 Å². The van der Waals surface area contributed by atoms with Crippen molar-refractivity contribution in [3.8, 4) is 33.5 Å². The van der Waals surface area contributed by atoms with Crippen LogP contribution >= 0.6 is 11.3 Å². The number of nitrogens with zero attached hydrogens (tertiary/aromatic N) is 2. The Bertz CT molecular complexity index is 1180. The number of carbonyl (C=O) groups excluding carboxylic acids is 1. The summed E-state index contributed by atoms with van der Waals surface area (Å²) in [5, 5.41) is 9.63. The third-order valence-corrected chi connectivity index (χ3v) is 5.85. The van der Waals surface area contributed by atoms with E-state index in [-0.39, 0.29) is 12.5 Å². The molecule has 1 N–H and O–H groups in total. The van der Waals surface area contributed by atoms with Gasteiger partial charge in [0.05, 0.1) is 49.6 Å². The Hall–Kier alpha value is -3.78. The Morgan fingerprint density at radius 1 is 1.00 bits per heavy atom. The zero-order valence-electron chi connectivity index (χ0n) is 18.0. The molecule has 164 valence electrons. The molecule has 0 bridgehead atoms. The Morgan fingerprint density at radius 2 is 1.72 bits per heavy atom. The van der Waals surface area contributed by atoms with Crippen molar-refractivity contribution >= 4 is 17.2 Å². The molecule has 2 aromatic carbocycles. The zero-order valence-corrected chi connectivity index (χ0v) is 18.8. The van der Waals surface area contributed by atoms with Gasteiger partial charge in [-0.1, -0.05) is 24.3 Å². The fourth-order valence-corrected chi connectivity index (χ4v) is 4.09. The van der Waals surface area contributed by atoms with E-state index in [0.717, 1.165) is 16.1 Å². The summed E-state index contributed by atoms with van der Waals surface area (Å²) in [5.41, 5.74) is 2.72. The number of benzene rings is 2. The molecule has 7 nitrogen and oxygen atoms in total. The van der Waals surface area contributed by atoms with E-state index < -0.39 is 0 Å². The first-order chi connectivity index (χ1) is 15.6. The molecular weight excluding hydrogens is 426 g/mol. The van der Waals surface area contributed by atoms with Gasteiger partial charge in [0.25, 0.3) is 5.91 Å². The Labute approximate surface area is 190 Å². The van der Waals surface area contributed by atoms with Gasteiger partial charge in [0.1, 0.15) is 22.9 Å². The third-order valence-electron chi connectivity index (χ3n) is 4.98. The summed E-state index contributed by atoms with van der Waals surface area (Å²) < 4.78 is 18.0. The van der Waals surface area contributed by atoms with Crippen molar-refractivity contribution in [1.82, 2.24) is 15.1 Å². The topological polar surface area (TPSA) is 74.6 Å².